The van der Waals surface area contributed by atoms with E-state index in [1.807, 2.05) is 6.92 Å². The summed E-state index contributed by atoms with van der Waals surface area (Å²) in [4.78, 5) is 11.9. The van der Waals surface area contributed by atoms with Crippen molar-refractivity contribution in [2.45, 2.75) is 46.1 Å². The van der Waals surface area contributed by atoms with Gasteiger partial charge in [0.2, 0.25) is 5.91 Å². The summed E-state index contributed by atoms with van der Waals surface area (Å²) in [6, 6.07) is 0. The average molecular weight is 242 g/mol. The number of rotatable bonds is 6. The van der Waals surface area contributed by atoms with Crippen LogP contribution < -0.4 is 11.1 Å². The molecule has 0 aromatic carbocycles. The number of hydrogen-bond acceptors (Lipinski definition) is 3. The van der Waals surface area contributed by atoms with Gasteiger partial charge in [0.25, 0.3) is 0 Å². The zero-order chi connectivity index (χ0) is 12.9. The standard InChI is InChI=1S/C13H26N2O2/c1-10-7-11(8-17-10)12(16)15-9-13(2,3)5-4-6-14/h10-11H,4-9,14H2,1-3H3,(H,15,16). The number of nitrogens with one attached hydrogen (secondary N) is 1. The molecule has 1 fully saturated rings. The molecule has 4 nitrogen and oxygen atoms in total. The van der Waals surface area contributed by atoms with E-state index >= 15 is 0 Å². The first-order valence-electron chi connectivity index (χ1n) is 6.54. The van der Waals surface area contributed by atoms with E-state index in [0.717, 1.165) is 25.8 Å². The smallest absolute Gasteiger partial charge is 0.225 e. The zero-order valence-electron chi connectivity index (χ0n) is 11.3. The third kappa shape index (κ3) is 5.04. The number of hydrogen-bond donors (Lipinski definition) is 2. The topological polar surface area (TPSA) is 64.4 Å². The first-order valence-corrected chi connectivity index (χ1v) is 6.54. The SMILES string of the molecule is CC1CC(C(=O)NCC(C)(C)CCCN)CO1. The van der Waals surface area contributed by atoms with Gasteiger partial charge < -0.3 is 15.8 Å². The molecule has 0 aliphatic carbocycles. The van der Waals surface area contributed by atoms with E-state index in [1.165, 1.54) is 0 Å². The molecule has 2 atom stereocenters. The Balaban J connectivity index is 2.27. The second-order valence-corrected chi connectivity index (χ2v) is 5.85. The second-order valence-electron chi connectivity index (χ2n) is 5.85. The summed E-state index contributed by atoms with van der Waals surface area (Å²) in [6.45, 7) is 8.34. The molecule has 2 unspecified atom stereocenters. The van der Waals surface area contributed by atoms with E-state index in [4.69, 9.17) is 10.5 Å². The summed E-state index contributed by atoms with van der Waals surface area (Å²) in [5.41, 5.74) is 5.63. The molecule has 0 aromatic rings. The number of carbonyl (C=O) groups excluding carboxylic acids is 1. The first-order chi connectivity index (χ1) is 7.94. The Bertz CT molecular complexity index is 254. The monoisotopic (exact) mass is 242 g/mol. The summed E-state index contributed by atoms with van der Waals surface area (Å²) in [5, 5.41) is 3.03. The maximum absolute atomic E-state index is 11.9. The molecule has 1 saturated heterocycles. The lowest BCUT2D eigenvalue weighted by molar-refractivity contribution is -0.125. The van der Waals surface area contributed by atoms with Crippen molar-refractivity contribution in [2.75, 3.05) is 19.7 Å². The highest BCUT2D eigenvalue weighted by Gasteiger charge is 2.29. The molecule has 4 heteroatoms. The second kappa shape index (κ2) is 6.36. The molecule has 0 saturated carbocycles. The lowest BCUT2D eigenvalue weighted by atomic mass is 9.87. The Morgan fingerprint density at radius 1 is 1.53 bits per heavy atom. The van der Waals surface area contributed by atoms with E-state index in [-0.39, 0.29) is 23.3 Å². The highest BCUT2D eigenvalue weighted by Crippen LogP contribution is 2.22. The molecule has 3 N–H and O–H groups in total. The normalized spacial score (nSPS) is 24.9. The summed E-state index contributed by atoms with van der Waals surface area (Å²) >= 11 is 0. The molecule has 0 aromatic heterocycles. The molecular formula is C13H26N2O2. The van der Waals surface area contributed by atoms with Crippen molar-refractivity contribution in [3.8, 4) is 0 Å². The minimum Gasteiger partial charge on any atom is -0.378 e. The number of nitrogens with two attached hydrogens (primary N) is 1. The highest BCUT2D eigenvalue weighted by atomic mass is 16.5. The maximum Gasteiger partial charge on any atom is 0.225 e. The number of amides is 1. The van der Waals surface area contributed by atoms with Gasteiger partial charge in [0.1, 0.15) is 0 Å². The molecule has 1 amide bonds. The van der Waals surface area contributed by atoms with Crippen LogP contribution in [0.5, 0.6) is 0 Å². The minimum atomic E-state index is 0.0373. The Kier molecular flexibility index (Phi) is 5.40. The van der Waals surface area contributed by atoms with Crippen LogP contribution in [0, 0.1) is 11.3 Å². The van der Waals surface area contributed by atoms with Gasteiger partial charge >= 0.3 is 0 Å². The Hall–Kier alpha value is -0.610. The number of carbonyl (C=O) groups is 1. The van der Waals surface area contributed by atoms with Gasteiger partial charge in [-0.3, -0.25) is 4.79 Å². The minimum absolute atomic E-state index is 0.0373. The van der Waals surface area contributed by atoms with Crippen molar-refractivity contribution < 1.29 is 9.53 Å². The van der Waals surface area contributed by atoms with Crippen LogP contribution in [-0.4, -0.2) is 31.7 Å². The van der Waals surface area contributed by atoms with Crippen LogP contribution in [-0.2, 0) is 9.53 Å². The van der Waals surface area contributed by atoms with Gasteiger partial charge in [0.15, 0.2) is 0 Å². The Labute approximate surface area is 104 Å². The molecular weight excluding hydrogens is 216 g/mol. The average Bonchev–Trinajstić information content (AvgIpc) is 2.70. The fraction of sp³-hybridized carbons (Fsp3) is 0.923. The number of ether oxygens (including phenoxy) is 1. The maximum atomic E-state index is 11.9. The molecule has 17 heavy (non-hydrogen) atoms. The van der Waals surface area contributed by atoms with E-state index in [9.17, 15) is 4.79 Å². The fourth-order valence-corrected chi connectivity index (χ4v) is 2.14. The predicted octanol–water partition coefficient (Wildman–Crippen LogP) is 1.29. The summed E-state index contributed by atoms with van der Waals surface area (Å²) in [5.74, 6) is 0.172. The molecule has 0 spiro atoms. The van der Waals surface area contributed by atoms with Gasteiger partial charge in [-0.1, -0.05) is 13.8 Å². The van der Waals surface area contributed by atoms with Gasteiger partial charge in [-0.05, 0) is 38.1 Å². The van der Waals surface area contributed by atoms with Gasteiger partial charge in [-0.2, -0.15) is 0 Å². The van der Waals surface area contributed by atoms with Crippen molar-refractivity contribution in [3.05, 3.63) is 0 Å². The van der Waals surface area contributed by atoms with E-state index in [0.29, 0.717) is 13.2 Å². The molecule has 0 radical (unpaired) electrons. The van der Waals surface area contributed by atoms with Gasteiger partial charge in [0, 0.05) is 6.54 Å². The van der Waals surface area contributed by atoms with Crippen LogP contribution in [0.3, 0.4) is 0 Å². The lowest BCUT2D eigenvalue weighted by Gasteiger charge is -2.25. The van der Waals surface area contributed by atoms with Gasteiger partial charge in [-0.25, -0.2) is 0 Å². The molecule has 1 rings (SSSR count). The van der Waals surface area contributed by atoms with Crippen molar-refractivity contribution >= 4 is 5.91 Å². The summed E-state index contributed by atoms with van der Waals surface area (Å²) in [7, 11) is 0. The van der Waals surface area contributed by atoms with Crippen molar-refractivity contribution in [1.82, 2.24) is 5.32 Å². The Morgan fingerprint density at radius 3 is 2.76 bits per heavy atom. The fourth-order valence-electron chi connectivity index (χ4n) is 2.14. The summed E-state index contributed by atoms with van der Waals surface area (Å²) < 4.78 is 5.41. The van der Waals surface area contributed by atoms with Gasteiger partial charge in [-0.15, -0.1) is 0 Å². The van der Waals surface area contributed by atoms with Crippen LogP contribution in [0.2, 0.25) is 0 Å². The largest absolute Gasteiger partial charge is 0.378 e. The van der Waals surface area contributed by atoms with Crippen LogP contribution in [0.25, 0.3) is 0 Å². The predicted molar refractivity (Wildman–Crippen MR) is 68.6 cm³/mol. The van der Waals surface area contributed by atoms with Crippen molar-refractivity contribution in [3.63, 3.8) is 0 Å². The third-order valence-corrected chi connectivity index (χ3v) is 3.37. The summed E-state index contributed by atoms with van der Waals surface area (Å²) in [6.07, 6.45) is 3.11. The molecule has 1 aliphatic rings. The quantitative estimate of drug-likeness (QED) is 0.737. The van der Waals surface area contributed by atoms with E-state index in [1.54, 1.807) is 0 Å². The van der Waals surface area contributed by atoms with Crippen LogP contribution in [0.15, 0.2) is 0 Å². The molecule has 1 heterocycles. The lowest BCUT2D eigenvalue weighted by Crippen LogP contribution is -2.38. The molecule has 100 valence electrons. The van der Waals surface area contributed by atoms with Crippen molar-refractivity contribution in [1.29, 1.82) is 0 Å². The van der Waals surface area contributed by atoms with Crippen LogP contribution in [0.1, 0.15) is 40.0 Å². The van der Waals surface area contributed by atoms with Gasteiger partial charge in [0.05, 0.1) is 18.6 Å². The first kappa shape index (κ1) is 14.5. The van der Waals surface area contributed by atoms with E-state index in [2.05, 4.69) is 19.2 Å². The third-order valence-electron chi connectivity index (χ3n) is 3.37. The molecule has 0 bridgehead atoms. The Morgan fingerprint density at radius 2 is 2.24 bits per heavy atom. The van der Waals surface area contributed by atoms with Crippen molar-refractivity contribution in [2.24, 2.45) is 17.1 Å². The molecule has 1 aliphatic heterocycles. The van der Waals surface area contributed by atoms with Crippen LogP contribution >= 0.6 is 0 Å². The van der Waals surface area contributed by atoms with Crippen LogP contribution in [0.4, 0.5) is 0 Å². The zero-order valence-corrected chi connectivity index (χ0v) is 11.3. The van der Waals surface area contributed by atoms with E-state index < -0.39 is 0 Å². The highest BCUT2D eigenvalue weighted by molar-refractivity contribution is 5.79.